The molecular formula is C13H17Cl2NO. The Morgan fingerprint density at radius 2 is 1.76 bits per heavy atom. The minimum atomic E-state index is -0.513. The monoisotopic (exact) mass is 273 g/mol. The smallest absolute Gasteiger partial charge is 0.0644 e. The van der Waals surface area contributed by atoms with E-state index in [1.165, 1.54) is 0 Å². The lowest BCUT2D eigenvalue weighted by atomic mass is 9.93. The third kappa shape index (κ3) is 3.35. The first-order chi connectivity index (χ1) is 7.98. The van der Waals surface area contributed by atoms with E-state index in [2.05, 4.69) is 4.90 Å². The van der Waals surface area contributed by atoms with E-state index in [0.29, 0.717) is 0 Å². The summed E-state index contributed by atoms with van der Waals surface area (Å²) in [6, 6.07) is 5.58. The number of benzene rings is 1. The Bertz CT molecular complexity index is 376. The van der Waals surface area contributed by atoms with Gasteiger partial charge in [0.05, 0.1) is 5.60 Å². The fourth-order valence-corrected chi connectivity index (χ4v) is 2.62. The second-order valence-corrected chi connectivity index (χ2v) is 5.79. The first-order valence-corrected chi connectivity index (χ1v) is 6.61. The van der Waals surface area contributed by atoms with Crippen molar-refractivity contribution in [3.63, 3.8) is 0 Å². The predicted octanol–water partition coefficient (Wildman–Crippen LogP) is 3.34. The minimum absolute atomic E-state index is 0.513. The average molecular weight is 274 g/mol. The molecule has 0 amide bonds. The lowest BCUT2D eigenvalue weighted by Gasteiger charge is -2.36. The molecule has 1 heterocycles. The largest absolute Gasteiger partial charge is 0.390 e. The van der Waals surface area contributed by atoms with Gasteiger partial charge in [-0.2, -0.15) is 0 Å². The molecule has 1 aliphatic rings. The van der Waals surface area contributed by atoms with Crippen LogP contribution in [0.5, 0.6) is 0 Å². The Morgan fingerprint density at radius 3 is 2.29 bits per heavy atom. The van der Waals surface area contributed by atoms with Crippen molar-refractivity contribution in [1.82, 2.24) is 4.90 Å². The standard InChI is InChI=1S/C13H17Cl2NO/c1-13(17)5-7-16(8-6-13)9-10-11(14)3-2-4-12(10)15/h2-4,17H,5-9H2,1H3. The number of aliphatic hydroxyl groups is 1. The van der Waals surface area contributed by atoms with E-state index >= 15 is 0 Å². The van der Waals surface area contributed by atoms with Crippen LogP contribution in [-0.4, -0.2) is 28.7 Å². The van der Waals surface area contributed by atoms with Crippen molar-refractivity contribution in [2.75, 3.05) is 13.1 Å². The predicted molar refractivity (Wildman–Crippen MR) is 71.6 cm³/mol. The molecule has 0 radical (unpaired) electrons. The highest BCUT2D eigenvalue weighted by molar-refractivity contribution is 6.35. The molecule has 2 rings (SSSR count). The van der Waals surface area contributed by atoms with Crippen LogP contribution in [0.1, 0.15) is 25.3 Å². The van der Waals surface area contributed by atoms with Crippen LogP contribution in [0.15, 0.2) is 18.2 Å². The van der Waals surface area contributed by atoms with Crippen molar-refractivity contribution < 1.29 is 5.11 Å². The summed E-state index contributed by atoms with van der Waals surface area (Å²) < 4.78 is 0. The number of rotatable bonds is 2. The van der Waals surface area contributed by atoms with Crippen molar-refractivity contribution in [2.45, 2.75) is 31.9 Å². The zero-order chi connectivity index (χ0) is 12.5. The van der Waals surface area contributed by atoms with E-state index in [4.69, 9.17) is 23.2 Å². The van der Waals surface area contributed by atoms with E-state index in [-0.39, 0.29) is 0 Å². The van der Waals surface area contributed by atoms with Gasteiger partial charge in [-0.15, -0.1) is 0 Å². The van der Waals surface area contributed by atoms with Crippen LogP contribution in [0.4, 0.5) is 0 Å². The van der Waals surface area contributed by atoms with Crippen LogP contribution in [0.25, 0.3) is 0 Å². The SMILES string of the molecule is CC1(O)CCN(Cc2c(Cl)cccc2Cl)CC1. The highest BCUT2D eigenvalue weighted by atomic mass is 35.5. The van der Waals surface area contributed by atoms with Crippen LogP contribution in [0.2, 0.25) is 10.0 Å². The van der Waals surface area contributed by atoms with Crippen LogP contribution in [-0.2, 0) is 6.54 Å². The normalized spacial score (nSPS) is 20.5. The van der Waals surface area contributed by atoms with Crippen molar-refractivity contribution in [2.24, 2.45) is 0 Å². The molecule has 17 heavy (non-hydrogen) atoms. The van der Waals surface area contributed by atoms with Gasteiger partial charge in [0.1, 0.15) is 0 Å². The topological polar surface area (TPSA) is 23.5 Å². The third-order valence-corrected chi connectivity index (χ3v) is 4.08. The summed E-state index contributed by atoms with van der Waals surface area (Å²) in [5.74, 6) is 0. The van der Waals surface area contributed by atoms with Gasteiger partial charge in [0.2, 0.25) is 0 Å². The number of likely N-dealkylation sites (tertiary alicyclic amines) is 1. The molecule has 0 aromatic heterocycles. The van der Waals surface area contributed by atoms with Gasteiger partial charge in [0.15, 0.2) is 0 Å². The van der Waals surface area contributed by atoms with Crippen LogP contribution >= 0.6 is 23.2 Å². The van der Waals surface area contributed by atoms with Gasteiger partial charge >= 0.3 is 0 Å². The number of hydrogen-bond acceptors (Lipinski definition) is 2. The Balaban J connectivity index is 2.03. The molecular weight excluding hydrogens is 257 g/mol. The van der Waals surface area contributed by atoms with E-state index in [0.717, 1.165) is 48.1 Å². The molecule has 0 saturated carbocycles. The zero-order valence-electron chi connectivity index (χ0n) is 9.92. The van der Waals surface area contributed by atoms with E-state index in [1.807, 2.05) is 25.1 Å². The quantitative estimate of drug-likeness (QED) is 0.894. The summed E-state index contributed by atoms with van der Waals surface area (Å²) in [5, 5.41) is 11.3. The first kappa shape index (κ1) is 13.2. The van der Waals surface area contributed by atoms with Crippen LogP contribution in [0, 0.1) is 0 Å². The Hall–Kier alpha value is -0.280. The zero-order valence-corrected chi connectivity index (χ0v) is 11.4. The number of hydrogen-bond donors (Lipinski definition) is 1. The highest BCUT2D eigenvalue weighted by Crippen LogP contribution is 2.28. The molecule has 1 aromatic carbocycles. The minimum Gasteiger partial charge on any atom is -0.390 e. The molecule has 1 saturated heterocycles. The molecule has 0 bridgehead atoms. The van der Waals surface area contributed by atoms with Gasteiger partial charge in [0, 0.05) is 35.2 Å². The Labute approximate surface area is 112 Å². The van der Waals surface area contributed by atoms with Crippen LogP contribution in [0.3, 0.4) is 0 Å². The van der Waals surface area contributed by atoms with Crippen molar-refractivity contribution in [3.8, 4) is 0 Å². The number of nitrogens with zero attached hydrogens (tertiary/aromatic N) is 1. The average Bonchev–Trinajstić information content (AvgIpc) is 2.26. The second kappa shape index (κ2) is 5.15. The molecule has 0 unspecified atom stereocenters. The summed E-state index contributed by atoms with van der Waals surface area (Å²) in [4.78, 5) is 2.28. The number of piperidine rings is 1. The summed E-state index contributed by atoms with van der Waals surface area (Å²) in [5.41, 5.74) is 0.471. The number of halogens is 2. The Morgan fingerprint density at radius 1 is 1.24 bits per heavy atom. The first-order valence-electron chi connectivity index (χ1n) is 5.85. The maximum atomic E-state index is 9.89. The molecule has 0 atom stereocenters. The maximum absolute atomic E-state index is 9.89. The molecule has 94 valence electrons. The van der Waals surface area contributed by atoms with Gasteiger partial charge in [-0.1, -0.05) is 29.3 Å². The third-order valence-electron chi connectivity index (χ3n) is 3.38. The van der Waals surface area contributed by atoms with Crippen molar-refractivity contribution in [1.29, 1.82) is 0 Å². The van der Waals surface area contributed by atoms with Crippen molar-refractivity contribution >= 4 is 23.2 Å². The molecule has 4 heteroatoms. The van der Waals surface area contributed by atoms with E-state index in [1.54, 1.807) is 0 Å². The fourth-order valence-electron chi connectivity index (χ4n) is 2.10. The van der Waals surface area contributed by atoms with Gasteiger partial charge < -0.3 is 5.11 Å². The summed E-state index contributed by atoms with van der Waals surface area (Å²) in [7, 11) is 0. The van der Waals surface area contributed by atoms with Gasteiger partial charge in [-0.05, 0) is 31.9 Å². The van der Waals surface area contributed by atoms with Gasteiger partial charge in [0.25, 0.3) is 0 Å². The molecule has 1 fully saturated rings. The summed E-state index contributed by atoms with van der Waals surface area (Å²) in [6.45, 7) is 4.42. The van der Waals surface area contributed by atoms with Crippen molar-refractivity contribution in [3.05, 3.63) is 33.8 Å². The highest BCUT2D eigenvalue weighted by Gasteiger charge is 2.27. The summed E-state index contributed by atoms with van der Waals surface area (Å²) >= 11 is 12.3. The molecule has 2 nitrogen and oxygen atoms in total. The molecule has 1 aromatic rings. The second-order valence-electron chi connectivity index (χ2n) is 4.97. The lowest BCUT2D eigenvalue weighted by Crippen LogP contribution is -2.42. The molecule has 1 aliphatic heterocycles. The maximum Gasteiger partial charge on any atom is 0.0644 e. The van der Waals surface area contributed by atoms with E-state index < -0.39 is 5.60 Å². The molecule has 0 aliphatic carbocycles. The Kier molecular flexibility index (Phi) is 3.99. The van der Waals surface area contributed by atoms with Crippen LogP contribution < -0.4 is 0 Å². The lowest BCUT2D eigenvalue weighted by molar-refractivity contribution is -0.00728. The van der Waals surface area contributed by atoms with E-state index in [9.17, 15) is 5.11 Å². The summed E-state index contributed by atoms with van der Waals surface area (Å²) in [6.07, 6.45) is 1.60. The fraction of sp³-hybridized carbons (Fsp3) is 0.538. The molecule has 1 N–H and O–H groups in total. The van der Waals surface area contributed by atoms with Gasteiger partial charge in [-0.3, -0.25) is 4.90 Å². The molecule has 0 spiro atoms. The van der Waals surface area contributed by atoms with Gasteiger partial charge in [-0.25, -0.2) is 0 Å².